The van der Waals surface area contributed by atoms with E-state index < -0.39 is 25.2 Å². The Hall–Kier alpha value is -0.610. The summed E-state index contributed by atoms with van der Waals surface area (Å²) in [7, 11) is 0. The van der Waals surface area contributed by atoms with E-state index in [0.717, 1.165) is 32.1 Å². The summed E-state index contributed by atoms with van der Waals surface area (Å²) in [5.74, 6) is -4.48. The first-order valence-corrected chi connectivity index (χ1v) is 5.62. The molecule has 0 bridgehead atoms. The number of ketones is 1. The lowest BCUT2D eigenvalue weighted by Gasteiger charge is -2.21. The van der Waals surface area contributed by atoms with Gasteiger partial charge in [0.15, 0.2) is 0 Å². The topological polar surface area (TPSA) is 17.1 Å². The van der Waals surface area contributed by atoms with Gasteiger partial charge in [-0.25, -0.2) is 17.6 Å². The Balaban J connectivity index is 2.34. The molecule has 0 saturated heterocycles. The molecule has 0 aromatic carbocycles. The zero-order valence-corrected chi connectivity index (χ0v) is 9.02. The highest BCUT2D eigenvalue weighted by Crippen LogP contribution is 2.31. The molecule has 0 aromatic rings. The minimum Gasteiger partial charge on any atom is -0.299 e. The molecular formula is C11H16F4O. The summed E-state index contributed by atoms with van der Waals surface area (Å²) in [6, 6.07) is 0. The number of hydrogen-bond donors (Lipinski definition) is 0. The second kappa shape index (κ2) is 5.64. The van der Waals surface area contributed by atoms with Crippen molar-refractivity contribution in [1.82, 2.24) is 0 Å². The Kier molecular flexibility index (Phi) is 4.74. The van der Waals surface area contributed by atoms with Gasteiger partial charge in [0.2, 0.25) is 0 Å². The van der Waals surface area contributed by atoms with Gasteiger partial charge in [0.05, 0.1) is 0 Å². The summed E-state index contributed by atoms with van der Waals surface area (Å²) < 4.78 is 48.8. The predicted molar refractivity (Wildman–Crippen MR) is 51.8 cm³/mol. The lowest BCUT2D eigenvalue weighted by atomic mass is 9.84. The molecule has 1 aliphatic rings. The highest BCUT2D eigenvalue weighted by atomic mass is 19.3. The highest BCUT2D eigenvalue weighted by Gasteiger charge is 2.40. The monoisotopic (exact) mass is 240 g/mol. The molecule has 94 valence electrons. The summed E-state index contributed by atoms with van der Waals surface area (Å²) in [6.07, 6.45) is -0.757. The molecule has 1 aliphatic carbocycles. The largest absolute Gasteiger partial charge is 0.307 e. The van der Waals surface area contributed by atoms with Crippen molar-refractivity contribution in [2.45, 2.75) is 57.3 Å². The molecule has 0 aliphatic heterocycles. The zero-order valence-electron chi connectivity index (χ0n) is 9.02. The van der Waals surface area contributed by atoms with Crippen molar-refractivity contribution in [3.63, 3.8) is 0 Å². The van der Waals surface area contributed by atoms with Crippen molar-refractivity contribution in [2.24, 2.45) is 5.92 Å². The standard InChI is InChI=1S/C11H16F4O/c12-10(13)11(14,15)7-6-9(16)8-4-2-1-3-5-8/h8,10H,1-7H2. The molecular weight excluding hydrogens is 224 g/mol. The first-order valence-electron chi connectivity index (χ1n) is 5.62. The maximum absolute atomic E-state index is 12.6. The van der Waals surface area contributed by atoms with Crippen LogP contribution in [-0.2, 0) is 4.79 Å². The number of carbonyl (C=O) groups excluding carboxylic acids is 1. The smallest absolute Gasteiger partial charge is 0.299 e. The number of carbonyl (C=O) groups is 1. The van der Waals surface area contributed by atoms with Gasteiger partial charge < -0.3 is 0 Å². The van der Waals surface area contributed by atoms with E-state index in [2.05, 4.69) is 0 Å². The van der Waals surface area contributed by atoms with Gasteiger partial charge in [-0.05, 0) is 12.8 Å². The van der Waals surface area contributed by atoms with Crippen molar-refractivity contribution >= 4 is 5.78 Å². The van der Waals surface area contributed by atoms with E-state index >= 15 is 0 Å². The molecule has 0 aromatic heterocycles. The van der Waals surface area contributed by atoms with E-state index in [-0.39, 0.29) is 11.7 Å². The Morgan fingerprint density at radius 2 is 1.75 bits per heavy atom. The predicted octanol–water partition coefficient (Wildman–Crippen LogP) is 3.82. The zero-order chi connectivity index (χ0) is 12.2. The average Bonchev–Trinajstić information content (AvgIpc) is 2.27. The summed E-state index contributed by atoms with van der Waals surface area (Å²) in [5, 5.41) is 0. The molecule has 0 N–H and O–H groups in total. The van der Waals surface area contributed by atoms with Crippen LogP contribution in [0.3, 0.4) is 0 Å². The van der Waals surface area contributed by atoms with Gasteiger partial charge in [-0.2, -0.15) is 0 Å². The quantitative estimate of drug-likeness (QED) is 0.668. The van der Waals surface area contributed by atoms with Crippen LogP contribution >= 0.6 is 0 Å². The number of halogens is 4. The maximum atomic E-state index is 12.6. The van der Waals surface area contributed by atoms with Gasteiger partial charge in [0, 0.05) is 18.8 Å². The van der Waals surface area contributed by atoms with E-state index in [1.807, 2.05) is 0 Å². The van der Waals surface area contributed by atoms with Gasteiger partial charge in [-0.1, -0.05) is 19.3 Å². The van der Waals surface area contributed by atoms with E-state index in [1.54, 1.807) is 0 Å². The average molecular weight is 240 g/mol. The Morgan fingerprint density at radius 1 is 1.19 bits per heavy atom. The highest BCUT2D eigenvalue weighted by molar-refractivity contribution is 5.81. The minimum absolute atomic E-state index is 0.178. The Bertz CT molecular complexity index is 234. The molecule has 1 saturated carbocycles. The van der Waals surface area contributed by atoms with Crippen molar-refractivity contribution in [1.29, 1.82) is 0 Å². The molecule has 5 heteroatoms. The molecule has 1 fully saturated rings. The number of rotatable bonds is 5. The van der Waals surface area contributed by atoms with Crippen LogP contribution in [-0.4, -0.2) is 18.1 Å². The van der Waals surface area contributed by atoms with Crippen molar-refractivity contribution in [3.8, 4) is 0 Å². The number of hydrogen-bond acceptors (Lipinski definition) is 1. The van der Waals surface area contributed by atoms with E-state index in [9.17, 15) is 22.4 Å². The maximum Gasteiger partial charge on any atom is 0.307 e. The van der Waals surface area contributed by atoms with E-state index in [4.69, 9.17) is 0 Å². The van der Waals surface area contributed by atoms with Crippen molar-refractivity contribution < 1.29 is 22.4 Å². The second-order valence-corrected chi connectivity index (χ2v) is 4.36. The van der Waals surface area contributed by atoms with Crippen LogP contribution in [0.25, 0.3) is 0 Å². The molecule has 0 atom stereocenters. The third-order valence-corrected chi connectivity index (χ3v) is 3.08. The second-order valence-electron chi connectivity index (χ2n) is 4.36. The third kappa shape index (κ3) is 3.76. The number of Topliss-reactive ketones (excluding diaryl/α,β-unsaturated/α-hetero) is 1. The molecule has 0 radical (unpaired) electrons. The molecule has 1 nitrogen and oxygen atoms in total. The van der Waals surface area contributed by atoms with Crippen LogP contribution in [0.15, 0.2) is 0 Å². The van der Waals surface area contributed by atoms with Gasteiger partial charge in [0.25, 0.3) is 0 Å². The first-order chi connectivity index (χ1) is 7.43. The SMILES string of the molecule is O=C(CCC(F)(F)C(F)F)C1CCCCC1. The fraction of sp³-hybridized carbons (Fsp3) is 0.909. The molecule has 0 amide bonds. The van der Waals surface area contributed by atoms with Gasteiger partial charge >= 0.3 is 12.3 Å². The van der Waals surface area contributed by atoms with Crippen LogP contribution < -0.4 is 0 Å². The lowest BCUT2D eigenvalue weighted by molar-refractivity contribution is -0.142. The molecule has 0 unspecified atom stereocenters. The molecule has 16 heavy (non-hydrogen) atoms. The Labute approximate surface area is 92.2 Å². The van der Waals surface area contributed by atoms with Gasteiger partial charge in [-0.3, -0.25) is 4.79 Å². The minimum atomic E-state index is -4.02. The van der Waals surface area contributed by atoms with E-state index in [0.29, 0.717) is 0 Å². The number of alkyl halides is 4. The van der Waals surface area contributed by atoms with Crippen molar-refractivity contribution in [3.05, 3.63) is 0 Å². The fourth-order valence-electron chi connectivity index (χ4n) is 2.03. The van der Waals surface area contributed by atoms with Gasteiger partial charge in [-0.15, -0.1) is 0 Å². The normalized spacial score (nSPS) is 19.1. The molecule has 0 heterocycles. The van der Waals surface area contributed by atoms with Crippen LogP contribution in [0, 0.1) is 5.92 Å². The lowest BCUT2D eigenvalue weighted by Crippen LogP contribution is -2.28. The van der Waals surface area contributed by atoms with Crippen LogP contribution in [0.1, 0.15) is 44.9 Å². The summed E-state index contributed by atoms with van der Waals surface area (Å²) in [4.78, 5) is 11.5. The summed E-state index contributed by atoms with van der Waals surface area (Å²) in [6.45, 7) is 0. The van der Waals surface area contributed by atoms with E-state index in [1.165, 1.54) is 0 Å². The Morgan fingerprint density at radius 3 is 2.25 bits per heavy atom. The van der Waals surface area contributed by atoms with Crippen LogP contribution in [0.4, 0.5) is 17.6 Å². The molecule has 0 spiro atoms. The molecule has 1 rings (SSSR count). The van der Waals surface area contributed by atoms with Gasteiger partial charge in [0.1, 0.15) is 5.78 Å². The first kappa shape index (κ1) is 13.5. The fourth-order valence-corrected chi connectivity index (χ4v) is 2.03. The van der Waals surface area contributed by atoms with Crippen LogP contribution in [0.5, 0.6) is 0 Å². The van der Waals surface area contributed by atoms with Crippen LogP contribution in [0.2, 0.25) is 0 Å². The summed E-state index contributed by atoms with van der Waals surface area (Å²) >= 11 is 0. The van der Waals surface area contributed by atoms with Crippen molar-refractivity contribution in [2.75, 3.05) is 0 Å². The third-order valence-electron chi connectivity index (χ3n) is 3.08. The summed E-state index contributed by atoms with van der Waals surface area (Å²) in [5.41, 5.74) is 0.